The van der Waals surface area contributed by atoms with Crippen LogP contribution in [0.1, 0.15) is 30.1 Å². The van der Waals surface area contributed by atoms with Crippen molar-refractivity contribution in [2.75, 3.05) is 6.54 Å². The van der Waals surface area contributed by atoms with Gasteiger partial charge in [0.05, 0.1) is 0 Å². The Morgan fingerprint density at radius 2 is 2.25 bits per heavy atom. The Kier molecular flexibility index (Phi) is 3.65. The summed E-state index contributed by atoms with van der Waals surface area (Å²) in [5.74, 6) is -0.966. The molecule has 1 N–H and O–H groups in total. The molecule has 6 nitrogen and oxygen atoms in total. The van der Waals surface area contributed by atoms with E-state index >= 15 is 0 Å². The summed E-state index contributed by atoms with van der Waals surface area (Å²) in [7, 11) is 0. The Balaban J connectivity index is 2.89. The fraction of sp³-hybridized carbons (Fsp3) is 0.500. The third kappa shape index (κ3) is 2.39. The van der Waals surface area contributed by atoms with E-state index in [-0.39, 0.29) is 5.69 Å². The predicted molar refractivity (Wildman–Crippen MR) is 55.0 cm³/mol. The topological polar surface area (TPSA) is 83.6 Å². The van der Waals surface area contributed by atoms with Gasteiger partial charge in [0.15, 0.2) is 5.69 Å². The van der Waals surface area contributed by atoms with E-state index < -0.39 is 17.9 Å². The molecule has 1 amide bonds. The zero-order chi connectivity index (χ0) is 12.3. The minimum Gasteiger partial charge on any atom is -0.480 e. The van der Waals surface area contributed by atoms with E-state index in [1.165, 1.54) is 17.9 Å². The number of hydrogen-bond donors (Lipinski definition) is 1. The molecule has 6 heteroatoms. The van der Waals surface area contributed by atoms with Gasteiger partial charge in [0.1, 0.15) is 11.8 Å². The van der Waals surface area contributed by atoms with Gasteiger partial charge < -0.3 is 14.5 Å². The number of aryl methyl sites for hydroxylation is 1. The molecule has 1 unspecified atom stereocenters. The highest BCUT2D eigenvalue weighted by atomic mass is 16.5. The van der Waals surface area contributed by atoms with Crippen LogP contribution in [0.15, 0.2) is 10.6 Å². The van der Waals surface area contributed by atoms with Gasteiger partial charge in [-0.2, -0.15) is 0 Å². The summed E-state index contributed by atoms with van der Waals surface area (Å²) < 4.78 is 4.78. The lowest BCUT2D eigenvalue weighted by Crippen LogP contribution is -2.43. The van der Waals surface area contributed by atoms with Crippen molar-refractivity contribution >= 4 is 11.9 Å². The van der Waals surface area contributed by atoms with Crippen LogP contribution in [0.3, 0.4) is 0 Å². The highest BCUT2D eigenvalue weighted by molar-refractivity contribution is 5.94. The Labute approximate surface area is 92.8 Å². The molecule has 0 aliphatic heterocycles. The summed E-state index contributed by atoms with van der Waals surface area (Å²) in [6.45, 7) is 5.14. The van der Waals surface area contributed by atoms with Crippen molar-refractivity contribution in [1.29, 1.82) is 0 Å². The van der Waals surface area contributed by atoms with Crippen molar-refractivity contribution < 1.29 is 19.2 Å². The molecule has 0 aromatic carbocycles. The molecule has 16 heavy (non-hydrogen) atoms. The van der Waals surface area contributed by atoms with E-state index in [1.54, 1.807) is 13.8 Å². The van der Waals surface area contributed by atoms with Gasteiger partial charge >= 0.3 is 5.97 Å². The lowest BCUT2D eigenvalue weighted by atomic mass is 10.2. The molecule has 0 fully saturated rings. The van der Waals surface area contributed by atoms with E-state index in [0.717, 1.165) is 0 Å². The number of aromatic nitrogens is 1. The quantitative estimate of drug-likeness (QED) is 0.825. The fourth-order valence-electron chi connectivity index (χ4n) is 1.34. The van der Waals surface area contributed by atoms with Crippen LogP contribution in [0.2, 0.25) is 0 Å². The van der Waals surface area contributed by atoms with Crippen LogP contribution < -0.4 is 0 Å². The summed E-state index contributed by atoms with van der Waals surface area (Å²) in [4.78, 5) is 23.9. The Morgan fingerprint density at radius 1 is 1.62 bits per heavy atom. The molecule has 0 spiro atoms. The molecular weight excluding hydrogens is 212 g/mol. The van der Waals surface area contributed by atoms with Gasteiger partial charge in [-0.3, -0.25) is 4.79 Å². The second-order valence-electron chi connectivity index (χ2n) is 3.43. The van der Waals surface area contributed by atoms with Crippen LogP contribution >= 0.6 is 0 Å². The van der Waals surface area contributed by atoms with Gasteiger partial charge in [-0.15, -0.1) is 0 Å². The van der Waals surface area contributed by atoms with Crippen molar-refractivity contribution in [3.8, 4) is 0 Å². The zero-order valence-corrected chi connectivity index (χ0v) is 9.43. The first-order valence-electron chi connectivity index (χ1n) is 4.94. The van der Waals surface area contributed by atoms with E-state index in [4.69, 9.17) is 9.63 Å². The molecule has 88 valence electrons. The molecule has 1 aromatic heterocycles. The monoisotopic (exact) mass is 226 g/mol. The number of carbonyl (C=O) groups excluding carboxylic acids is 1. The second kappa shape index (κ2) is 4.78. The third-order valence-electron chi connectivity index (χ3n) is 2.27. The number of likely N-dealkylation sites (N-methyl/N-ethyl adjacent to an activating group) is 1. The maximum Gasteiger partial charge on any atom is 0.326 e. The molecule has 0 saturated heterocycles. The molecule has 0 aliphatic rings. The Morgan fingerprint density at radius 3 is 2.62 bits per heavy atom. The smallest absolute Gasteiger partial charge is 0.326 e. The SMILES string of the molecule is CCN(C(=O)c1cc(C)on1)C(C)C(=O)O. The minimum atomic E-state index is -1.05. The first-order valence-corrected chi connectivity index (χ1v) is 4.94. The molecule has 0 saturated carbocycles. The molecule has 1 atom stereocenters. The minimum absolute atomic E-state index is 0.132. The van der Waals surface area contributed by atoms with Gasteiger partial charge in [-0.1, -0.05) is 5.16 Å². The van der Waals surface area contributed by atoms with Crippen LogP contribution in [0.4, 0.5) is 0 Å². The standard InChI is InChI=1S/C10H14N2O4/c1-4-12(7(3)10(14)15)9(13)8-5-6(2)16-11-8/h5,7H,4H2,1-3H3,(H,14,15). The van der Waals surface area contributed by atoms with Gasteiger partial charge in [0.25, 0.3) is 5.91 Å². The molecule has 1 rings (SSSR count). The molecule has 0 radical (unpaired) electrons. The predicted octanol–water partition coefficient (Wildman–Crippen LogP) is 0.918. The number of aliphatic carboxylic acids is 1. The van der Waals surface area contributed by atoms with Crippen LogP contribution in [-0.2, 0) is 4.79 Å². The van der Waals surface area contributed by atoms with Crippen molar-refractivity contribution in [2.45, 2.75) is 26.8 Å². The molecule has 0 bridgehead atoms. The van der Waals surface area contributed by atoms with E-state index in [9.17, 15) is 9.59 Å². The molecule has 1 aromatic rings. The van der Waals surface area contributed by atoms with E-state index in [2.05, 4.69) is 5.16 Å². The number of carboxylic acid groups (broad SMARTS) is 1. The summed E-state index contributed by atoms with van der Waals surface area (Å²) in [5.41, 5.74) is 0.132. The Bertz CT molecular complexity index is 399. The summed E-state index contributed by atoms with van der Waals surface area (Å²) in [5, 5.41) is 12.4. The zero-order valence-electron chi connectivity index (χ0n) is 9.43. The van der Waals surface area contributed by atoms with E-state index in [0.29, 0.717) is 12.3 Å². The second-order valence-corrected chi connectivity index (χ2v) is 3.43. The first kappa shape index (κ1) is 12.2. The number of carboxylic acids is 1. The highest BCUT2D eigenvalue weighted by Gasteiger charge is 2.26. The lowest BCUT2D eigenvalue weighted by molar-refractivity contribution is -0.141. The van der Waals surface area contributed by atoms with Crippen LogP contribution in [0.5, 0.6) is 0 Å². The fourth-order valence-corrected chi connectivity index (χ4v) is 1.34. The van der Waals surface area contributed by atoms with Crippen LogP contribution in [0, 0.1) is 6.92 Å². The average molecular weight is 226 g/mol. The summed E-state index contributed by atoms with van der Waals surface area (Å²) in [6.07, 6.45) is 0. The van der Waals surface area contributed by atoms with Gasteiger partial charge in [-0.05, 0) is 20.8 Å². The summed E-state index contributed by atoms with van der Waals surface area (Å²) in [6, 6.07) is 0.606. The van der Waals surface area contributed by atoms with Crippen molar-refractivity contribution in [3.05, 3.63) is 17.5 Å². The van der Waals surface area contributed by atoms with E-state index in [1.807, 2.05) is 0 Å². The van der Waals surface area contributed by atoms with Gasteiger partial charge in [0.2, 0.25) is 0 Å². The van der Waals surface area contributed by atoms with Gasteiger partial charge in [-0.25, -0.2) is 4.79 Å². The molecule has 1 heterocycles. The Hall–Kier alpha value is -1.85. The third-order valence-corrected chi connectivity index (χ3v) is 2.27. The number of amides is 1. The van der Waals surface area contributed by atoms with Crippen molar-refractivity contribution in [2.24, 2.45) is 0 Å². The molecule has 0 aliphatic carbocycles. The number of nitrogens with zero attached hydrogens (tertiary/aromatic N) is 2. The highest BCUT2D eigenvalue weighted by Crippen LogP contribution is 2.09. The maximum atomic E-state index is 11.9. The number of hydrogen-bond acceptors (Lipinski definition) is 4. The van der Waals surface area contributed by atoms with Gasteiger partial charge in [0, 0.05) is 12.6 Å². The molecular formula is C10H14N2O4. The summed E-state index contributed by atoms with van der Waals surface area (Å²) >= 11 is 0. The first-order chi connectivity index (χ1) is 7.47. The lowest BCUT2D eigenvalue weighted by Gasteiger charge is -2.23. The number of rotatable bonds is 4. The maximum absolute atomic E-state index is 11.9. The van der Waals surface area contributed by atoms with Crippen molar-refractivity contribution in [3.63, 3.8) is 0 Å². The normalized spacial score (nSPS) is 12.2. The van der Waals surface area contributed by atoms with Crippen LogP contribution in [-0.4, -0.2) is 39.6 Å². The number of carbonyl (C=O) groups is 2. The largest absolute Gasteiger partial charge is 0.480 e. The average Bonchev–Trinajstić information content (AvgIpc) is 2.65. The van der Waals surface area contributed by atoms with Crippen molar-refractivity contribution in [1.82, 2.24) is 10.1 Å². The van der Waals surface area contributed by atoms with Crippen LogP contribution in [0.25, 0.3) is 0 Å².